The molecule has 0 aliphatic carbocycles. The second-order valence-corrected chi connectivity index (χ2v) is 8.56. The van der Waals surface area contributed by atoms with Crippen molar-refractivity contribution in [1.29, 1.82) is 0 Å². The topological polar surface area (TPSA) is 112 Å². The average molecular weight is 445 g/mol. The van der Waals surface area contributed by atoms with Gasteiger partial charge in [-0.1, -0.05) is 43.3 Å². The van der Waals surface area contributed by atoms with E-state index in [9.17, 15) is 4.79 Å². The van der Waals surface area contributed by atoms with Crippen molar-refractivity contribution in [2.75, 3.05) is 5.73 Å². The number of hydrogen-bond donors (Lipinski definition) is 2. The summed E-state index contributed by atoms with van der Waals surface area (Å²) in [5, 5.41) is 7.60. The summed E-state index contributed by atoms with van der Waals surface area (Å²) in [6.07, 6.45) is 3.36. The van der Waals surface area contributed by atoms with Gasteiger partial charge in [-0.3, -0.25) is 4.79 Å². The van der Waals surface area contributed by atoms with Crippen molar-refractivity contribution in [3.63, 3.8) is 0 Å². The number of nitrogens with two attached hydrogens (primary N) is 1. The first-order chi connectivity index (χ1) is 15.8. The molecule has 0 amide bonds. The monoisotopic (exact) mass is 444 g/mol. The van der Waals surface area contributed by atoms with Gasteiger partial charge < -0.3 is 20.1 Å². The van der Waals surface area contributed by atoms with Gasteiger partial charge in [0.2, 0.25) is 0 Å². The summed E-state index contributed by atoms with van der Waals surface area (Å²) >= 11 is 0. The van der Waals surface area contributed by atoms with Crippen LogP contribution in [0.2, 0.25) is 0 Å². The van der Waals surface area contributed by atoms with E-state index in [-0.39, 0.29) is 17.4 Å². The van der Waals surface area contributed by atoms with Gasteiger partial charge >= 0.3 is 0 Å². The van der Waals surface area contributed by atoms with Crippen molar-refractivity contribution in [2.24, 2.45) is 0 Å². The smallest absolute Gasteiger partial charge is 0.250 e. The third-order valence-corrected chi connectivity index (χ3v) is 5.30. The molecule has 3 aromatic heterocycles. The van der Waals surface area contributed by atoms with Crippen LogP contribution in [0.15, 0.2) is 64.2 Å². The predicted octanol–water partition coefficient (Wildman–Crippen LogP) is 4.29. The Kier molecular flexibility index (Phi) is 6.37. The minimum absolute atomic E-state index is 0.0306. The molecule has 33 heavy (non-hydrogen) atoms. The number of anilines is 1. The molecule has 0 aliphatic rings. The van der Waals surface area contributed by atoms with Crippen LogP contribution in [0.4, 0.5) is 5.82 Å². The van der Waals surface area contributed by atoms with E-state index >= 15 is 0 Å². The van der Waals surface area contributed by atoms with Crippen molar-refractivity contribution < 1.29 is 4.52 Å². The number of nitrogens with zero attached hydrogens (tertiary/aromatic N) is 4. The fraction of sp³-hybridized carbons (Fsp3) is 0.280. The fourth-order valence-corrected chi connectivity index (χ4v) is 3.42. The Morgan fingerprint density at radius 3 is 2.45 bits per heavy atom. The molecule has 0 saturated carbocycles. The van der Waals surface area contributed by atoms with E-state index in [2.05, 4.69) is 46.4 Å². The summed E-state index contributed by atoms with van der Waals surface area (Å²) in [4.78, 5) is 21.0. The molecule has 0 aliphatic heterocycles. The Morgan fingerprint density at radius 2 is 1.76 bits per heavy atom. The first-order valence-electron chi connectivity index (χ1n) is 11.0. The van der Waals surface area contributed by atoms with Gasteiger partial charge in [-0.05, 0) is 25.5 Å². The zero-order chi connectivity index (χ0) is 23.5. The van der Waals surface area contributed by atoms with Crippen molar-refractivity contribution in [3.8, 4) is 34.0 Å². The highest BCUT2D eigenvalue weighted by molar-refractivity contribution is 5.72. The lowest BCUT2D eigenvalue weighted by atomic mass is 10.1. The van der Waals surface area contributed by atoms with Gasteiger partial charge in [-0.15, -0.1) is 0 Å². The maximum atomic E-state index is 12.1. The second-order valence-electron chi connectivity index (χ2n) is 8.56. The third-order valence-electron chi connectivity index (χ3n) is 5.30. The van der Waals surface area contributed by atoms with Crippen molar-refractivity contribution in [2.45, 2.75) is 46.3 Å². The molecule has 0 bridgehead atoms. The maximum absolute atomic E-state index is 12.1. The van der Waals surface area contributed by atoms with Crippen LogP contribution in [0.5, 0.6) is 0 Å². The summed E-state index contributed by atoms with van der Waals surface area (Å²) in [5.74, 6) is 0.674. The molecule has 4 rings (SSSR count). The van der Waals surface area contributed by atoms with Crippen LogP contribution in [0.1, 0.15) is 39.3 Å². The Hall–Kier alpha value is -3.78. The van der Waals surface area contributed by atoms with Crippen molar-refractivity contribution in [3.05, 3.63) is 70.8 Å². The lowest BCUT2D eigenvalue weighted by Gasteiger charge is -2.11. The van der Waals surface area contributed by atoms with Crippen LogP contribution in [0.3, 0.4) is 0 Å². The Balaban J connectivity index is 1.62. The van der Waals surface area contributed by atoms with Gasteiger partial charge in [-0.25, -0.2) is 9.97 Å². The maximum Gasteiger partial charge on any atom is 0.250 e. The standard InChI is InChI=1S/C25H28N6O2/c1-15(2)27-12-17-5-7-18(8-6-17)20-11-22(33-30-20)24-25(26)28-13-21(29-24)19-9-10-23(32)31(14-19)16(3)4/h5-11,13-16,27H,12H2,1-4H3,(H2,26,28). The first-order valence-corrected chi connectivity index (χ1v) is 11.0. The van der Waals surface area contributed by atoms with Gasteiger partial charge in [0.1, 0.15) is 5.69 Å². The molecule has 3 heterocycles. The minimum Gasteiger partial charge on any atom is -0.382 e. The number of nitrogens with one attached hydrogen (secondary N) is 1. The third kappa shape index (κ3) is 5.01. The van der Waals surface area contributed by atoms with E-state index in [4.69, 9.17) is 10.3 Å². The van der Waals surface area contributed by atoms with E-state index in [0.717, 1.165) is 17.7 Å². The van der Waals surface area contributed by atoms with E-state index in [0.29, 0.717) is 28.9 Å². The highest BCUT2D eigenvalue weighted by atomic mass is 16.5. The molecule has 0 saturated heterocycles. The Bertz CT molecular complexity index is 1310. The van der Waals surface area contributed by atoms with Gasteiger partial charge in [0.25, 0.3) is 5.56 Å². The summed E-state index contributed by atoms with van der Waals surface area (Å²) in [7, 11) is 0. The first kappa shape index (κ1) is 22.4. The molecule has 8 nitrogen and oxygen atoms in total. The van der Waals surface area contributed by atoms with Crippen LogP contribution in [0, 0.1) is 0 Å². The predicted molar refractivity (Wildman–Crippen MR) is 129 cm³/mol. The molecule has 0 spiro atoms. The zero-order valence-corrected chi connectivity index (χ0v) is 19.2. The Morgan fingerprint density at radius 1 is 1.03 bits per heavy atom. The van der Waals surface area contributed by atoms with Gasteiger partial charge in [0.15, 0.2) is 17.3 Å². The largest absolute Gasteiger partial charge is 0.382 e. The summed E-state index contributed by atoms with van der Waals surface area (Å²) in [6, 6.07) is 13.7. The summed E-state index contributed by atoms with van der Waals surface area (Å²) in [5.41, 5.74) is 10.6. The van der Waals surface area contributed by atoms with E-state index < -0.39 is 0 Å². The van der Waals surface area contributed by atoms with Gasteiger partial charge in [-0.2, -0.15) is 0 Å². The number of aromatic nitrogens is 4. The van der Waals surface area contributed by atoms with E-state index in [1.807, 2.05) is 26.0 Å². The van der Waals surface area contributed by atoms with Crippen LogP contribution in [-0.4, -0.2) is 25.7 Å². The molecule has 0 atom stereocenters. The highest BCUT2D eigenvalue weighted by Crippen LogP contribution is 2.29. The molecule has 4 aromatic rings. The molecule has 0 radical (unpaired) electrons. The number of nitrogen functional groups attached to an aromatic ring is 1. The SMILES string of the molecule is CC(C)NCc1ccc(-c2cc(-c3nc(-c4ccc(=O)n(C(C)C)c4)cnc3N)on2)cc1. The van der Waals surface area contributed by atoms with E-state index in [1.54, 1.807) is 29.1 Å². The average Bonchev–Trinajstić information content (AvgIpc) is 3.28. The summed E-state index contributed by atoms with van der Waals surface area (Å²) in [6.45, 7) is 8.96. The Labute approximate surface area is 192 Å². The summed E-state index contributed by atoms with van der Waals surface area (Å²) < 4.78 is 7.22. The van der Waals surface area contributed by atoms with E-state index in [1.165, 1.54) is 11.6 Å². The number of hydrogen-bond acceptors (Lipinski definition) is 7. The quantitative estimate of drug-likeness (QED) is 0.437. The van der Waals surface area contributed by atoms with Crippen molar-refractivity contribution in [1.82, 2.24) is 25.0 Å². The minimum atomic E-state index is -0.0664. The molecule has 170 valence electrons. The van der Waals surface area contributed by atoms with Crippen LogP contribution < -0.4 is 16.6 Å². The molecule has 3 N–H and O–H groups in total. The molecular formula is C25H28N6O2. The molecule has 8 heteroatoms. The number of benzene rings is 1. The second kappa shape index (κ2) is 9.38. The fourth-order valence-electron chi connectivity index (χ4n) is 3.42. The number of pyridine rings is 1. The molecular weight excluding hydrogens is 416 g/mol. The van der Waals surface area contributed by atoms with Crippen LogP contribution in [-0.2, 0) is 6.54 Å². The number of rotatable bonds is 7. The lowest BCUT2D eigenvalue weighted by molar-refractivity contribution is 0.434. The molecule has 1 aromatic carbocycles. The lowest BCUT2D eigenvalue weighted by Crippen LogP contribution is -2.21. The normalized spacial score (nSPS) is 11.5. The van der Waals surface area contributed by atoms with Gasteiger partial charge in [0, 0.05) is 48.1 Å². The van der Waals surface area contributed by atoms with Crippen LogP contribution >= 0.6 is 0 Å². The van der Waals surface area contributed by atoms with Crippen LogP contribution in [0.25, 0.3) is 34.0 Å². The van der Waals surface area contributed by atoms with Gasteiger partial charge in [0.05, 0.1) is 11.9 Å². The molecule has 0 fully saturated rings. The zero-order valence-electron chi connectivity index (χ0n) is 19.2. The highest BCUT2D eigenvalue weighted by Gasteiger charge is 2.16. The molecule has 0 unspecified atom stereocenters. The van der Waals surface area contributed by atoms with Crippen molar-refractivity contribution >= 4 is 5.82 Å².